The first-order valence-electron chi connectivity index (χ1n) is 6.51. The molecular formula is C12H15N3O6S. The number of benzene rings is 1. The Labute approximate surface area is 126 Å². The Morgan fingerprint density at radius 2 is 2.05 bits per heavy atom. The molecule has 1 aromatic rings. The highest BCUT2D eigenvalue weighted by Gasteiger charge is 2.36. The van der Waals surface area contributed by atoms with Gasteiger partial charge in [-0.05, 0) is 25.0 Å². The van der Waals surface area contributed by atoms with Crippen molar-refractivity contribution in [3.63, 3.8) is 0 Å². The molecule has 1 heterocycles. The summed E-state index contributed by atoms with van der Waals surface area (Å²) in [7, 11) is -3.80. The molecule has 1 aliphatic heterocycles. The summed E-state index contributed by atoms with van der Waals surface area (Å²) in [5.74, 6) is 0. The second-order valence-electron chi connectivity index (χ2n) is 4.79. The minimum Gasteiger partial charge on any atom is -0.448 e. The number of carbonyl (C=O) groups excluding carboxylic acids is 1. The molecule has 1 amide bonds. The highest BCUT2D eigenvalue weighted by Crippen LogP contribution is 2.27. The highest BCUT2D eigenvalue weighted by molar-refractivity contribution is 7.89. The predicted molar refractivity (Wildman–Crippen MR) is 75.5 cm³/mol. The van der Waals surface area contributed by atoms with Gasteiger partial charge in [0, 0.05) is 18.7 Å². The van der Waals surface area contributed by atoms with Gasteiger partial charge in [0.1, 0.15) is 6.61 Å². The van der Waals surface area contributed by atoms with Crippen LogP contribution < -0.4 is 5.73 Å². The number of hydrogen-bond acceptors (Lipinski definition) is 6. The zero-order valence-electron chi connectivity index (χ0n) is 11.5. The molecule has 10 heteroatoms. The maximum absolute atomic E-state index is 12.6. The monoisotopic (exact) mass is 329 g/mol. The SMILES string of the molecule is NC(=O)OC[C@H]1CCCN1S(=O)(=O)c1ccc([N+](=O)[O-])cc1. The number of ether oxygens (including phenoxy) is 1. The number of primary amides is 1. The van der Waals surface area contributed by atoms with Crippen molar-refractivity contribution in [2.45, 2.75) is 23.8 Å². The first-order chi connectivity index (χ1) is 10.3. The van der Waals surface area contributed by atoms with Crippen LogP contribution >= 0.6 is 0 Å². The van der Waals surface area contributed by atoms with Crippen LogP contribution in [0.4, 0.5) is 10.5 Å². The topological polar surface area (TPSA) is 133 Å². The molecule has 0 radical (unpaired) electrons. The third kappa shape index (κ3) is 3.34. The van der Waals surface area contributed by atoms with Crippen molar-refractivity contribution in [2.75, 3.05) is 13.2 Å². The number of sulfonamides is 1. The van der Waals surface area contributed by atoms with Gasteiger partial charge >= 0.3 is 6.09 Å². The van der Waals surface area contributed by atoms with Gasteiger partial charge in [-0.25, -0.2) is 13.2 Å². The van der Waals surface area contributed by atoms with Gasteiger partial charge in [0.15, 0.2) is 0 Å². The molecule has 0 aromatic heterocycles. The third-order valence-corrected chi connectivity index (χ3v) is 5.36. The molecule has 0 spiro atoms. The zero-order valence-corrected chi connectivity index (χ0v) is 12.4. The Kier molecular flexibility index (Phi) is 4.62. The summed E-state index contributed by atoms with van der Waals surface area (Å²) in [6, 6.07) is 4.18. The molecular weight excluding hydrogens is 314 g/mol. The van der Waals surface area contributed by atoms with Gasteiger partial charge in [-0.15, -0.1) is 0 Å². The fraction of sp³-hybridized carbons (Fsp3) is 0.417. The van der Waals surface area contributed by atoms with Crippen LogP contribution in [-0.2, 0) is 14.8 Å². The van der Waals surface area contributed by atoms with E-state index in [1.165, 1.54) is 16.4 Å². The van der Waals surface area contributed by atoms with Gasteiger partial charge in [-0.3, -0.25) is 10.1 Å². The number of nitro groups is 1. The lowest BCUT2D eigenvalue weighted by molar-refractivity contribution is -0.384. The average Bonchev–Trinajstić information content (AvgIpc) is 2.94. The number of non-ortho nitro benzene ring substituents is 1. The van der Waals surface area contributed by atoms with Crippen molar-refractivity contribution in [2.24, 2.45) is 5.73 Å². The number of nitro benzene ring substituents is 1. The van der Waals surface area contributed by atoms with Crippen LogP contribution in [0.25, 0.3) is 0 Å². The fourth-order valence-corrected chi connectivity index (χ4v) is 4.02. The summed E-state index contributed by atoms with van der Waals surface area (Å²) in [5, 5.41) is 10.6. The highest BCUT2D eigenvalue weighted by atomic mass is 32.2. The lowest BCUT2D eigenvalue weighted by Gasteiger charge is -2.23. The summed E-state index contributed by atoms with van der Waals surface area (Å²) in [5.41, 5.74) is 4.70. The molecule has 0 aliphatic carbocycles. The molecule has 22 heavy (non-hydrogen) atoms. The number of hydrogen-bond donors (Lipinski definition) is 1. The van der Waals surface area contributed by atoms with Gasteiger partial charge in [-0.2, -0.15) is 4.31 Å². The minimum atomic E-state index is -3.80. The van der Waals surface area contributed by atoms with E-state index in [2.05, 4.69) is 4.74 Å². The predicted octanol–water partition coefficient (Wildman–Crippen LogP) is 0.843. The van der Waals surface area contributed by atoms with Gasteiger partial charge in [0.2, 0.25) is 10.0 Å². The molecule has 1 aliphatic rings. The third-order valence-electron chi connectivity index (χ3n) is 3.40. The molecule has 1 atom stereocenters. The van der Waals surface area contributed by atoms with E-state index in [0.29, 0.717) is 19.4 Å². The first kappa shape index (κ1) is 16.2. The number of nitrogens with zero attached hydrogens (tertiary/aromatic N) is 2. The lowest BCUT2D eigenvalue weighted by atomic mass is 10.2. The maximum atomic E-state index is 12.6. The van der Waals surface area contributed by atoms with Crippen molar-refractivity contribution < 1.29 is 22.9 Å². The molecule has 0 saturated carbocycles. The van der Waals surface area contributed by atoms with E-state index in [-0.39, 0.29) is 17.2 Å². The van der Waals surface area contributed by atoms with Gasteiger partial charge < -0.3 is 10.5 Å². The Bertz CT molecular complexity index is 673. The van der Waals surface area contributed by atoms with Gasteiger partial charge in [0.05, 0.1) is 15.9 Å². The molecule has 1 aromatic carbocycles. The number of carbonyl (C=O) groups is 1. The van der Waals surface area contributed by atoms with E-state index in [4.69, 9.17) is 5.73 Å². The standard InChI is InChI=1S/C12H15N3O6S/c13-12(16)21-8-10-2-1-7-14(10)22(19,20)11-5-3-9(4-6-11)15(17)18/h3-6,10H,1-2,7-8H2,(H2,13,16)/t10-/m1/s1. The molecule has 0 unspecified atom stereocenters. The summed E-state index contributed by atoms with van der Waals surface area (Å²) in [6.07, 6.45) is 0.234. The normalized spacial score (nSPS) is 19.0. The zero-order chi connectivity index (χ0) is 16.3. The van der Waals surface area contributed by atoms with Gasteiger partial charge in [-0.1, -0.05) is 0 Å². The molecule has 1 fully saturated rings. The largest absolute Gasteiger partial charge is 0.448 e. The molecule has 2 rings (SSSR count). The second kappa shape index (κ2) is 6.28. The van der Waals surface area contributed by atoms with Crippen LogP contribution in [0.15, 0.2) is 29.2 Å². The van der Waals surface area contributed by atoms with Gasteiger partial charge in [0.25, 0.3) is 5.69 Å². The van der Waals surface area contributed by atoms with E-state index in [9.17, 15) is 23.3 Å². The summed E-state index contributed by atoms with van der Waals surface area (Å²) in [4.78, 5) is 20.6. The van der Waals surface area contributed by atoms with Crippen molar-refractivity contribution >= 4 is 21.8 Å². The van der Waals surface area contributed by atoms with Crippen LogP contribution in [0.1, 0.15) is 12.8 Å². The summed E-state index contributed by atoms with van der Waals surface area (Å²) in [6.45, 7) is 0.188. The summed E-state index contributed by atoms with van der Waals surface area (Å²) < 4.78 is 31.0. The van der Waals surface area contributed by atoms with Crippen LogP contribution in [-0.4, -0.2) is 42.9 Å². The second-order valence-corrected chi connectivity index (χ2v) is 6.68. The lowest BCUT2D eigenvalue weighted by Crippen LogP contribution is -2.39. The molecule has 0 bridgehead atoms. The first-order valence-corrected chi connectivity index (χ1v) is 7.95. The van der Waals surface area contributed by atoms with E-state index < -0.39 is 27.1 Å². The smallest absolute Gasteiger partial charge is 0.404 e. The quantitative estimate of drug-likeness (QED) is 0.628. The fourth-order valence-electron chi connectivity index (χ4n) is 2.35. The molecule has 9 nitrogen and oxygen atoms in total. The number of rotatable bonds is 5. The summed E-state index contributed by atoms with van der Waals surface area (Å²) >= 11 is 0. The molecule has 120 valence electrons. The van der Waals surface area contributed by atoms with Crippen molar-refractivity contribution in [1.82, 2.24) is 4.31 Å². The number of nitrogens with two attached hydrogens (primary N) is 1. The van der Waals surface area contributed by atoms with Crippen LogP contribution in [0.3, 0.4) is 0 Å². The molecule has 1 saturated heterocycles. The Balaban J connectivity index is 2.21. The molecule has 2 N–H and O–H groups in total. The number of amides is 1. The van der Waals surface area contributed by atoms with Crippen molar-refractivity contribution in [1.29, 1.82) is 0 Å². The Morgan fingerprint density at radius 3 is 2.59 bits per heavy atom. The van der Waals surface area contributed by atoms with E-state index >= 15 is 0 Å². The Morgan fingerprint density at radius 1 is 1.41 bits per heavy atom. The van der Waals surface area contributed by atoms with Crippen LogP contribution in [0, 0.1) is 10.1 Å². The maximum Gasteiger partial charge on any atom is 0.404 e. The van der Waals surface area contributed by atoms with Crippen molar-refractivity contribution in [3.8, 4) is 0 Å². The average molecular weight is 329 g/mol. The van der Waals surface area contributed by atoms with Crippen LogP contribution in [0.5, 0.6) is 0 Å². The van der Waals surface area contributed by atoms with Crippen molar-refractivity contribution in [3.05, 3.63) is 34.4 Å². The Hall–Kier alpha value is -2.20. The minimum absolute atomic E-state index is 0.0379. The van der Waals surface area contributed by atoms with E-state index in [0.717, 1.165) is 12.1 Å². The van der Waals surface area contributed by atoms with E-state index in [1.807, 2.05) is 0 Å². The van der Waals surface area contributed by atoms with Crippen LogP contribution in [0.2, 0.25) is 0 Å². The van der Waals surface area contributed by atoms with E-state index in [1.54, 1.807) is 0 Å².